The van der Waals surface area contributed by atoms with Crippen molar-refractivity contribution in [3.8, 4) is 0 Å². The lowest BCUT2D eigenvalue weighted by atomic mass is 10.0. The predicted octanol–water partition coefficient (Wildman–Crippen LogP) is 1.39. The van der Waals surface area contributed by atoms with Crippen molar-refractivity contribution in [2.45, 2.75) is 30.7 Å². The highest BCUT2D eigenvalue weighted by atomic mass is 32.2. The Balaban J connectivity index is 2.49. The molecule has 0 radical (unpaired) electrons. The van der Waals surface area contributed by atoms with Crippen LogP contribution in [0.5, 0.6) is 0 Å². The number of rotatable bonds is 3. The first-order valence-electron chi connectivity index (χ1n) is 6.94. The number of thioether (sulfide) groups is 1. The van der Waals surface area contributed by atoms with Gasteiger partial charge in [-0.05, 0) is 38.2 Å². The summed E-state index contributed by atoms with van der Waals surface area (Å²) in [6.45, 7) is 3.66. The first kappa shape index (κ1) is 17.3. The second-order valence-corrected chi connectivity index (χ2v) is 8.48. The molecule has 0 aliphatic carbocycles. The van der Waals surface area contributed by atoms with Crippen molar-refractivity contribution < 1.29 is 18.4 Å². The van der Waals surface area contributed by atoms with Crippen LogP contribution >= 0.6 is 11.8 Å². The summed E-state index contributed by atoms with van der Waals surface area (Å²) >= 11 is 1.51. The molecule has 1 aliphatic rings. The summed E-state index contributed by atoms with van der Waals surface area (Å²) in [6.07, 6.45) is 0.657. The summed E-state index contributed by atoms with van der Waals surface area (Å²) < 4.78 is 27.1. The van der Waals surface area contributed by atoms with Crippen molar-refractivity contribution in [3.63, 3.8) is 0 Å². The number of hydroxylamine groups is 1. The lowest BCUT2D eigenvalue weighted by molar-refractivity contribution is -0.137. The van der Waals surface area contributed by atoms with Crippen molar-refractivity contribution in [1.82, 2.24) is 9.79 Å². The molecule has 0 saturated carbocycles. The van der Waals surface area contributed by atoms with E-state index in [-0.39, 0.29) is 11.4 Å². The van der Waals surface area contributed by atoms with Gasteiger partial charge in [0, 0.05) is 12.3 Å². The van der Waals surface area contributed by atoms with Crippen molar-refractivity contribution in [1.29, 1.82) is 0 Å². The molecule has 1 amide bonds. The Morgan fingerprint density at radius 2 is 2.00 bits per heavy atom. The monoisotopic (exact) mass is 344 g/mol. The summed E-state index contributed by atoms with van der Waals surface area (Å²) in [5, 5.41) is 9.00. The number of carbonyl (C=O) groups excluding carboxylic acids is 1. The van der Waals surface area contributed by atoms with Gasteiger partial charge in [-0.1, -0.05) is 17.7 Å². The molecule has 1 heterocycles. The van der Waals surface area contributed by atoms with Crippen molar-refractivity contribution in [3.05, 3.63) is 29.8 Å². The third kappa shape index (κ3) is 3.15. The lowest BCUT2D eigenvalue weighted by Gasteiger charge is -2.36. The van der Waals surface area contributed by atoms with Crippen LogP contribution in [0, 0.1) is 6.92 Å². The third-order valence-corrected chi connectivity index (χ3v) is 7.16. The van der Waals surface area contributed by atoms with Gasteiger partial charge in [-0.2, -0.15) is 16.1 Å². The van der Waals surface area contributed by atoms with E-state index in [0.717, 1.165) is 11.3 Å². The first-order chi connectivity index (χ1) is 10.3. The number of sulfonamides is 1. The molecule has 0 spiro atoms. The van der Waals surface area contributed by atoms with E-state index in [0.29, 0.717) is 12.2 Å². The highest BCUT2D eigenvalue weighted by Crippen LogP contribution is 2.31. The maximum Gasteiger partial charge on any atom is 0.265 e. The summed E-state index contributed by atoms with van der Waals surface area (Å²) in [4.78, 5) is 12.3. The number of nitrogens with one attached hydrogen (secondary N) is 1. The van der Waals surface area contributed by atoms with Crippen LogP contribution in [-0.4, -0.2) is 47.4 Å². The highest BCUT2D eigenvalue weighted by molar-refractivity contribution is 7.99. The summed E-state index contributed by atoms with van der Waals surface area (Å²) in [7, 11) is -3.82. The molecule has 2 N–H and O–H groups in total. The molecule has 1 aliphatic heterocycles. The molecule has 0 bridgehead atoms. The van der Waals surface area contributed by atoms with E-state index in [1.54, 1.807) is 36.7 Å². The largest absolute Gasteiger partial charge is 0.289 e. The van der Waals surface area contributed by atoms with Crippen LogP contribution in [0.4, 0.5) is 0 Å². The number of carbonyl (C=O) groups is 1. The van der Waals surface area contributed by atoms with Crippen LogP contribution in [0.15, 0.2) is 29.2 Å². The fraction of sp³-hybridized carbons (Fsp3) is 0.500. The van der Waals surface area contributed by atoms with Crippen molar-refractivity contribution in [2.24, 2.45) is 0 Å². The van der Waals surface area contributed by atoms with E-state index in [9.17, 15) is 13.2 Å². The smallest absolute Gasteiger partial charge is 0.265 e. The van der Waals surface area contributed by atoms with Crippen LogP contribution in [0.1, 0.15) is 18.9 Å². The van der Waals surface area contributed by atoms with Gasteiger partial charge in [0.1, 0.15) is 5.54 Å². The molecule has 1 aromatic carbocycles. The minimum absolute atomic E-state index is 0.155. The fourth-order valence-electron chi connectivity index (χ4n) is 2.42. The van der Waals surface area contributed by atoms with Gasteiger partial charge in [0.2, 0.25) is 10.0 Å². The molecule has 1 saturated heterocycles. The first-order valence-corrected chi connectivity index (χ1v) is 9.53. The average molecular weight is 344 g/mol. The number of nitrogens with zero attached hydrogens (tertiary/aromatic N) is 1. The summed E-state index contributed by atoms with van der Waals surface area (Å²) in [5.41, 5.74) is 1.25. The molecule has 1 aromatic rings. The molecule has 22 heavy (non-hydrogen) atoms. The number of amides is 1. The average Bonchev–Trinajstić information content (AvgIpc) is 2.70. The maximum atomic E-state index is 12.9. The van der Waals surface area contributed by atoms with E-state index >= 15 is 0 Å². The van der Waals surface area contributed by atoms with Crippen molar-refractivity contribution in [2.75, 3.05) is 18.1 Å². The number of hydrogen-bond donors (Lipinski definition) is 2. The second kappa shape index (κ2) is 6.57. The Labute approximate surface area is 134 Å². The van der Waals surface area contributed by atoms with Gasteiger partial charge in [-0.15, -0.1) is 0 Å². The van der Waals surface area contributed by atoms with Gasteiger partial charge in [-0.3, -0.25) is 10.0 Å². The van der Waals surface area contributed by atoms with Crippen LogP contribution in [0.25, 0.3) is 0 Å². The quantitative estimate of drug-likeness (QED) is 0.639. The fourth-order valence-corrected chi connectivity index (χ4v) is 5.45. The number of benzene rings is 1. The highest BCUT2D eigenvalue weighted by Gasteiger charge is 2.47. The molecule has 0 aromatic heterocycles. The standard InChI is InChI=1S/C14H20N2O4S2/c1-11-4-6-12(7-5-11)22(19,20)16-8-3-9-21-10-14(16,2)13(17)15-18/h4-7,18H,3,8-10H2,1-2H3,(H,15,17)/t14-/m0/s1. The molecular weight excluding hydrogens is 324 g/mol. The SMILES string of the molecule is Cc1ccc(S(=O)(=O)N2CCCSC[C@@]2(C)C(=O)NO)cc1. The predicted molar refractivity (Wildman–Crippen MR) is 85.3 cm³/mol. The van der Waals surface area contributed by atoms with E-state index in [1.165, 1.54) is 16.1 Å². The third-order valence-electron chi connectivity index (χ3n) is 3.78. The molecule has 1 atom stereocenters. The van der Waals surface area contributed by atoms with Gasteiger partial charge in [0.05, 0.1) is 4.90 Å². The van der Waals surface area contributed by atoms with Crippen LogP contribution in [0.3, 0.4) is 0 Å². The van der Waals surface area contributed by atoms with E-state index < -0.39 is 21.5 Å². The maximum absolute atomic E-state index is 12.9. The topological polar surface area (TPSA) is 86.7 Å². The van der Waals surface area contributed by atoms with Gasteiger partial charge >= 0.3 is 0 Å². The van der Waals surface area contributed by atoms with Crippen molar-refractivity contribution >= 4 is 27.7 Å². The molecule has 6 nitrogen and oxygen atoms in total. The Hall–Kier alpha value is -1.09. The number of aryl methyl sites for hydroxylation is 1. The summed E-state index contributed by atoms with van der Waals surface area (Å²) in [6, 6.07) is 6.53. The zero-order chi connectivity index (χ0) is 16.4. The van der Waals surface area contributed by atoms with E-state index in [2.05, 4.69) is 0 Å². The van der Waals surface area contributed by atoms with Gasteiger partial charge in [-0.25, -0.2) is 13.9 Å². The van der Waals surface area contributed by atoms with E-state index in [1.807, 2.05) is 6.92 Å². The van der Waals surface area contributed by atoms with Gasteiger partial charge < -0.3 is 0 Å². The minimum atomic E-state index is -3.82. The zero-order valence-corrected chi connectivity index (χ0v) is 14.2. The molecule has 122 valence electrons. The van der Waals surface area contributed by atoms with Gasteiger partial charge in [0.25, 0.3) is 5.91 Å². The van der Waals surface area contributed by atoms with Crippen LogP contribution < -0.4 is 5.48 Å². The Morgan fingerprint density at radius 3 is 2.59 bits per heavy atom. The molecule has 8 heteroatoms. The normalized spacial score (nSPS) is 23.8. The Kier molecular flexibility index (Phi) is 5.16. The minimum Gasteiger partial charge on any atom is -0.289 e. The van der Waals surface area contributed by atoms with Gasteiger partial charge in [0.15, 0.2) is 0 Å². The second-order valence-electron chi connectivity index (χ2n) is 5.51. The Morgan fingerprint density at radius 1 is 1.36 bits per heavy atom. The summed E-state index contributed by atoms with van der Waals surface area (Å²) in [5.74, 6) is 0.358. The van der Waals surface area contributed by atoms with Crippen LogP contribution in [-0.2, 0) is 14.8 Å². The Bertz CT molecular complexity index is 645. The number of hydrogen-bond acceptors (Lipinski definition) is 5. The van der Waals surface area contributed by atoms with E-state index in [4.69, 9.17) is 5.21 Å². The molecule has 0 unspecified atom stereocenters. The molecule has 1 fully saturated rings. The molecule has 2 rings (SSSR count). The lowest BCUT2D eigenvalue weighted by Crippen LogP contribution is -2.59. The zero-order valence-electron chi connectivity index (χ0n) is 12.6. The van der Waals surface area contributed by atoms with Crippen LogP contribution in [0.2, 0.25) is 0 Å². The molecular formula is C14H20N2O4S2.